The van der Waals surface area contributed by atoms with Crippen LogP contribution >= 0.6 is 11.8 Å². The first-order valence-electron chi connectivity index (χ1n) is 6.12. The maximum Gasteiger partial charge on any atom is 0.305 e. The molecule has 0 aromatic heterocycles. The maximum absolute atomic E-state index is 12.0. The van der Waals surface area contributed by atoms with Crippen LogP contribution < -0.4 is 0 Å². The Labute approximate surface area is 117 Å². The third kappa shape index (κ3) is 4.70. The Kier molecular flexibility index (Phi) is 6.08. The van der Waals surface area contributed by atoms with Crippen molar-refractivity contribution in [3.63, 3.8) is 0 Å². The number of hydrogen-bond acceptors (Lipinski definition) is 5. The van der Waals surface area contributed by atoms with Crippen molar-refractivity contribution in [1.82, 2.24) is 4.90 Å². The minimum Gasteiger partial charge on any atom is -0.469 e. The Morgan fingerprint density at radius 2 is 2.21 bits per heavy atom. The Morgan fingerprint density at radius 3 is 2.79 bits per heavy atom. The molecule has 1 atom stereocenters. The molecule has 1 rings (SSSR count). The summed E-state index contributed by atoms with van der Waals surface area (Å²) in [6, 6.07) is 0. The normalized spacial score (nSPS) is 18.8. The van der Waals surface area contributed by atoms with E-state index in [1.165, 1.54) is 23.8 Å². The fraction of sp³-hybridized carbons (Fsp3) is 0.615. The number of thioether (sulfide) groups is 1. The summed E-state index contributed by atoms with van der Waals surface area (Å²) < 4.78 is 4.51. The Bertz CT molecular complexity index is 394. The number of carbonyl (C=O) groups excluding carboxylic acids is 3. The lowest BCUT2D eigenvalue weighted by molar-refractivity contribution is -0.143. The minimum atomic E-state index is -0.327. The molecule has 0 aromatic rings. The summed E-state index contributed by atoms with van der Waals surface area (Å²) in [6.45, 7) is 5.96. The number of methoxy groups -OCH3 is 1. The highest BCUT2D eigenvalue weighted by Gasteiger charge is 2.38. The van der Waals surface area contributed by atoms with Crippen LogP contribution in [0.1, 0.15) is 26.2 Å². The summed E-state index contributed by atoms with van der Waals surface area (Å²) in [5.74, 6) is 0.0437. The van der Waals surface area contributed by atoms with E-state index in [0.29, 0.717) is 12.2 Å². The van der Waals surface area contributed by atoms with Crippen molar-refractivity contribution in [2.24, 2.45) is 0 Å². The van der Waals surface area contributed by atoms with E-state index in [2.05, 4.69) is 11.3 Å². The number of amides is 2. The van der Waals surface area contributed by atoms with Crippen LogP contribution in [0.25, 0.3) is 0 Å². The lowest BCUT2D eigenvalue weighted by Gasteiger charge is -2.14. The summed E-state index contributed by atoms with van der Waals surface area (Å²) in [4.78, 5) is 36.0. The summed E-state index contributed by atoms with van der Waals surface area (Å²) in [5, 5.41) is -0.303. The van der Waals surface area contributed by atoms with Gasteiger partial charge in [0.2, 0.25) is 11.8 Å². The lowest BCUT2D eigenvalue weighted by atomic mass is 10.3. The zero-order valence-electron chi connectivity index (χ0n) is 11.3. The number of carbonyl (C=O) groups is 3. The molecule has 6 heteroatoms. The third-order valence-corrected chi connectivity index (χ3v) is 4.15. The van der Waals surface area contributed by atoms with E-state index in [0.717, 1.165) is 5.57 Å². The van der Waals surface area contributed by atoms with Crippen LogP contribution in [0, 0.1) is 0 Å². The molecule has 0 spiro atoms. The van der Waals surface area contributed by atoms with E-state index in [9.17, 15) is 14.4 Å². The number of ether oxygens (including phenoxy) is 1. The molecule has 0 N–H and O–H groups in total. The smallest absolute Gasteiger partial charge is 0.305 e. The highest BCUT2D eigenvalue weighted by molar-refractivity contribution is 8.00. The average Bonchev–Trinajstić information content (AvgIpc) is 2.63. The second-order valence-corrected chi connectivity index (χ2v) is 5.72. The number of imide groups is 1. The zero-order chi connectivity index (χ0) is 14.4. The molecule has 1 saturated heterocycles. The van der Waals surface area contributed by atoms with Crippen molar-refractivity contribution in [1.29, 1.82) is 0 Å². The molecule has 0 aliphatic carbocycles. The minimum absolute atomic E-state index is 0.152. The van der Waals surface area contributed by atoms with E-state index in [-0.39, 0.29) is 42.4 Å². The number of likely N-dealkylation sites (tertiary alicyclic amines) is 1. The lowest BCUT2D eigenvalue weighted by Crippen LogP contribution is -2.32. The molecule has 1 heterocycles. The van der Waals surface area contributed by atoms with Crippen molar-refractivity contribution < 1.29 is 19.1 Å². The van der Waals surface area contributed by atoms with Crippen molar-refractivity contribution in [3.8, 4) is 0 Å². The van der Waals surface area contributed by atoms with Gasteiger partial charge in [-0.05, 0) is 13.3 Å². The summed E-state index contributed by atoms with van der Waals surface area (Å²) in [6.07, 6.45) is 0.911. The summed E-state index contributed by atoms with van der Waals surface area (Å²) >= 11 is 1.45. The first-order valence-corrected chi connectivity index (χ1v) is 7.17. The molecule has 1 aliphatic rings. The van der Waals surface area contributed by atoms with Crippen molar-refractivity contribution in [2.75, 3.05) is 19.4 Å². The van der Waals surface area contributed by atoms with Crippen LogP contribution in [0.3, 0.4) is 0 Å². The number of hydrogen-bond donors (Lipinski definition) is 0. The molecular formula is C13H19NO4S. The molecule has 0 aromatic carbocycles. The van der Waals surface area contributed by atoms with Gasteiger partial charge >= 0.3 is 5.97 Å². The summed E-state index contributed by atoms with van der Waals surface area (Å²) in [7, 11) is 1.32. The highest BCUT2D eigenvalue weighted by Crippen LogP contribution is 2.26. The van der Waals surface area contributed by atoms with Gasteiger partial charge in [-0.25, -0.2) is 0 Å². The maximum atomic E-state index is 12.0. The predicted octanol–water partition coefficient (Wildman–Crippen LogP) is 1.38. The van der Waals surface area contributed by atoms with Gasteiger partial charge < -0.3 is 4.74 Å². The fourth-order valence-electron chi connectivity index (χ4n) is 1.74. The Balaban J connectivity index is 2.42. The molecule has 5 nitrogen and oxygen atoms in total. The van der Waals surface area contributed by atoms with E-state index < -0.39 is 0 Å². The zero-order valence-corrected chi connectivity index (χ0v) is 12.1. The van der Waals surface area contributed by atoms with Crippen molar-refractivity contribution in [2.45, 2.75) is 31.4 Å². The van der Waals surface area contributed by atoms with Crippen LogP contribution in [-0.4, -0.2) is 47.3 Å². The topological polar surface area (TPSA) is 63.7 Å². The fourth-order valence-corrected chi connectivity index (χ4v) is 2.76. The molecule has 19 heavy (non-hydrogen) atoms. The molecular weight excluding hydrogens is 266 g/mol. The van der Waals surface area contributed by atoms with Gasteiger partial charge in [-0.1, -0.05) is 12.2 Å². The van der Waals surface area contributed by atoms with E-state index in [1.807, 2.05) is 6.92 Å². The monoisotopic (exact) mass is 285 g/mol. The van der Waals surface area contributed by atoms with Gasteiger partial charge in [-0.15, -0.1) is 11.8 Å². The second kappa shape index (κ2) is 7.33. The van der Waals surface area contributed by atoms with Gasteiger partial charge in [-0.3, -0.25) is 19.3 Å². The molecule has 106 valence electrons. The predicted molar refractivity (Wildman–Crippen MR) is 73.6 cm³/mol. The largest absolute Gasteiger partial charge is 0.469 e. The van der Waals surface area contributed by atoms with Crippen molar-refractivity contribution >= 4 is 29.5 Å². The second-order valence-electron chi connectivity index (χ2n) is 4.52. The SMILES string of the molecule is C=C(C)CSC1CC(=O)N(CCCC(=O)OC)C1=O. The van der Waals surface area contributed by atoms with Crippen molar-refractivity contribution in [3.05, 3.63) is 12.2 Å². The number of rotatable bonds is 7. The molecule has 0 saturated carbocycles. The third-order valence-electron chi connectivity index (χ3n) is 2.72. The first kappa shape index (κ1) is 15.8. The van der Waals surface area contributed by atoms with Gasteiger partial charge in [0.05, 0.1) is 12.4 Å². The quantitative estimate of drug-likeness (QED) is 0.402. The van der Waals surface area contributed by atoms with E-state index >= 15 is 0 Å². The van der Waals surface area contributed by atoms with Gasteiger partial charge in [0.25, 0.3) is 0 Å². The highest BCUT2D eigenvalue weighted by atomic mass is 32.2. The first-order chi connectivity index (χ1) is 8.95. The molecule has 1 aliphatic heterocycles. The summed E-state index contributed by atoms with van der Waals surface area (Å²) in [5.41, 5.74) is 0.981. The molecule has 0 bridgehead atoms. The van der Waals surface area contributed by atoms with E-state index in [4.69, 9.17) is 0 Å². The van der Waals surface area contributed by atoms with Crippen LogP contribution in [0.4, 0.5) is 0 Å². The van der Waals surface area contributed by atoms with Gasteiger partial charge in [0.1, 0.15) is 0 Å². The number of nitrogens with zero attached hydrogens (tertiary/aromatic N) is 1. The number of esters is 1. The van der Waals surface area contributed by atoms with Gasteiger partial charge in [0, 0.05) is 25.1 Å². The average molecular weight is 285 g/mol. The molecule has 1 fully saturated rings. The Morgan fingerprint density at radius 1 is 1.53 bits per heavy atom. The standard InChI is InChI=1S/C13H19NO4S/c1-9(2)8-19-10-7-11(15)14(13(10)17)6-4-5-12(16)18-3/h10H,1,4-8H2,2-3H3. The van der Waals surface area contributed by atoms with Gasteiger partial charge in [-0.2, -0.15) is 0 Å². The van der Waals surface area contributed by atoms with Crippen LogP contribution in [-0.2, 0) is 19.1 Å². The van der Waals surface area contributed by atoms with Crippen LogP contribution in [0.2, 0.25) is 0 Å². The van der Waals surface area contributed by atoms with Crippen LogP contribution in [0.15, 0.2) is 12.2 Å². The molecule has 0 radical (unpaired) electrons. The molecule has 1 unspecified atom stereocenters. The van der Waals surface area contributed by atoms with Crippen LogP contribution in [0.5, 0.6) is 0 Å². The van der Waals surface area contributed by atoms with Gasteiger partial charge in [0.15, 0.2) is 0 Å². The van der Waals surface area contributed by atoms with E-state index in [1.54, 1.807) is 0 Å². The molecule has 2 amide bonds. The Hall–Kier alpha value is -1.30.